The molecule has 1 saturated heterocycles. The minimum absolute atomic E-state index is 0.0435. The number of amides is 1. The van der Waals surface area contributed by atoms with Crippen LogP contribution >= 0.6 is 0 Å². The van der Waals surface area contributed by atoms with Crippen molar-refractivity contribution in [3.05, 3.63) is 29.3 Å². The van der Waals surface area contributed by atoms with Crippen molar-refractivity contribution in [1.29, 1.82) is 0 Å². The minimum atomic E-state index is -0.875. The van der Waals surface area contributed by atoms with Gasteiger partial charge in [0.15, 0.2) is 0 Å². The first-order chi connectivity index (χ1) is 9.79. The van der Waals surface area contributed by atoms with Crippen LogP contribution < -0.4 is 0 Å². The molecule has 0 spiro atoms. The molecule has 0 radical (unpaired) electrons. The van der Waals surface area contributed by atoms with Crippen LogP contribution in [-0.2, 0) is 4.79 Å². The monoisotopic (exact) mass is 291 g/mol. The quantitative estimate of drug-likeness (QED) is 0.895. The van der Waals surface area contributed by atoms with E-state index >= 15 is 0 Å². The maximum absolute atomic E-state index is 12.6. The Morgan fingerprint density at radius 1 is 1.33 bits per heavy atom. The molecule has 0 aliphatic carbocycles. The summed E-state index contributed by atoms with van der Waals surface area (Å²) in [5.41, 5.74) is 0.0836. The van der Waals surface area contributed by atoms with E-state index < -0.39 is 11.4 Å². The van der Waals surface area contributed by atoms with Gasteiger partial charge in [-0.1, -0.05) is 19.9 Å². The van der Waals surface area contributed by atoms with Gasteiger partial charge in [0, 0.05) is 24.2 Å². The average molecular weight is 291 g/mol. The zero-order valence-electron chi connectivity index (χ0n) is 12.6. The number of rotatable bonds is 3. The number of hydrogen-bond donors (Lipinski definition) is 2. The number of nitrogens with zero attached hydrogens (tertiary/aromatic N) is 1. The van der Waals surface area contributed by atoms with Gasteiger partial charge in [-0.25, -0.2) is 0 Å². The van der Waals surface area contributed by atoms with Crippen LogP contribution in [0.15, 0.2) is 18.2 Å². The first-order valence-corrected chi connectivity index (χ1v) is 7.11. The van der Waals surface area contributed by atoms with E-state index in [1.54, 1.807) is 24.0 Å². The van der Waals surface area contributed by atoms with Gasteiger partial charge in [0.2, 0.25) is 0 Å². The molecule has 1 aliphatic heterocycles. The molecule has 0 saturated carbocycles. The molecule has 1 heterocycles. The maximum Gasteiger partial charge on any atom is 0.311 e. The third kappa shape index (κ3) is 2.48. The van der Waals surface area contributed by atoms with Gasteiger partial charge >= 0.3 is 5.97 Å². The van der Waals surface area contributed by atoms with Crippen molar-refractivity contribution in [1.82, 2.24) is 4.90 Å². The lowest BCUT2D eigenvalue weighted by atomic mass is 9.76. The fourth-order valence-corrected chi connectivity index (χ4v) is 2.92. The molecule has 2 N–H and O–H groups in total. The molecule has 0 bridgehead atoms. The summed E-state index contributed by atoms with van der Waals surface area (Å²) < 4.78 is 0. The Labute approximate surface area is 124 Å². The van der Waals surface area contributed by atoms with Crippen molar-refractivity contribution < 1.29 is 19.8 Å². The molecule has 5 heteroatoms. The van der Waals surface area contributed by atoms with Crippen LogP contribution in [0.5, 0.6) is 5.75 Å². The van der Waals surface area contributed by atoms with Gasteiger partial charge in [0.05, 0.1) is 5.41 Å². The van der Waals surface area contributed by atoms with Crippen molar-refractivity contribution in [3.8, 4) is 5.75 Å². The number of carbonyl (C=O) groups is 2. The summed E-state index contributed by atoms with van der Waals surface area (Å²) in [7, 11) is 0. The van der Waals surface area contributed by atoms with Crippen LogP contribution in [0.2, 0.25) is 0 Å². The molecule has 0 aromatic heterocycles. The largest absolute Gasteiger partial charge is 0.508 e. The third-order valence-corrected chi connectivity index (χ3v) is 4.65. The standard InChI is InChI=1S/C16H21NO4/c1-10(2)16(15(20)21)7-8-17(9-16)14(19)12-5-4-6-13(18)11(12)3/h4-6,10,18H,7-9H2,1-3H3,(H,20,21). The number of carbonyl (C=O) groups excluding carboxylic acids is 1. The molecular weight excluding hydrogens is 270 g/mol. The van der Waals surface area contributed by atoms with Crippen LogP contribution in [-0.4, -0.2) is 40.1 Å². The van der Waals surface area contributed by atoms with Crippen LogP contribution in [0.4, 0.5) is 0 Å². The number of carboxylic acids is 1. The van der Waals surface area contributed by atoms with E-state index in [9.17, 15) is 19.8 Å². The number of aliphatic carboxylic acids is 1. The molecule has 1 aliphatic rings. The zero-order chi connectivity index (χ0) is 15.8. The van der Waals surface area contributed by atoms with Gasteiger partial charge in [0.25, 0.3) is 5.91 Å². The van der Waals surface area contributed by atoms with Crippen molar-refractivity contribution in [2.24, 2.45) is 11.3 Å². The molecule has 1 amide bonds. The Bertz CT molecular complexity index is 582. The fourth-order valence-electron chi connectivity index (χ4n) is 2.92. The highest BCUT2D eigenvalue weighted by Gasteiger charge is 2.48. The third-order valence-electron chi connectivity index (χ3n) is 4.65. The predicted octanol–water partition coefficient (Wildman–Crippen LogP) is 2.27. The zero-order valence-corrected chi connectivity index (χ0v) is 12.6. The number of phenolic OH excluding ortho intramolecular Hbond substituents is 1. The first-order valence-electron chi connectivity index (χ1n) is 7.11. The summed E-state index contributed by atoms with van der Waals surface area (Å²) in [6.07, 6.45) is 0.462. The summed E-state index contributed by atoms with van der Waals surface area (Å²) >= 11 is 0. The number of hydrogen-bond acceptors (Lipinski definition) is 3. The van der Waals surface area contributed by atoms with Gasteiger partial charge in [-0.05, 0) is 31.4 Å². The van der Waals surface area contributed by atoms with Crippen LogP contribution in [0, 0.1) is 18.3 Å². The number of aromatic hydroxyl groups is 1. The van der Waals surface area contributed by atoms with E-state index in [-0.39, 0.29) is 24.1 Å². The lowest BCUT2D eigenvalue weighted by Crippen LogP contribution is -2.40. The molecule has 5 nitrogen and oxygen atoms in total. The normalized spacial score (nSPS) is 21.8. The molecule has 1 unspecified atom stereocenters. The molecule has 2 rings (SSSR count). The average Bonchev–Trinajstić information content (AvgIpc) is 2.87. The molecule has 1 aromatic carbocycles. The lowest BCUT2D eigenvalue weighted by Gasteiger charge is -2.28. The van der Waals surface area contributed by atoms with Crippen molar-refractivity contribution in [2.45, 2.75) is 27.2 Å². The Morgan fingerprint density at radius 3 is 2.52 bits per heavy atom. The van der Waals surface area contributed by atoms with E-state index in [2.05, 4.69) is 0 Å². The van der Waals surface area contributed by atoms with E-state index in [4.69, 9.17) is 0 Å². The topological polar surface area (TPSA) is 77.8 Å². The second kappa shape index (κ2) is 5.39. The summed E-state index contributed by atoms with van der Waals surface area (Å²) in [4.78, 5) is 25.8. The van der Waals surface area contributed by atoms with Gasteiger partial charge in [-0.15, -0.1) is 0 Å². The number of benzene rings is 1. The van der Waals surface area contributed by atoms with Crippen LogP contribution in [0.3, 0.4) is 0 Å². The van der Waals surface area contributed by atoms with Crippen molar-refractivity contribution in [3.63, 3.8) is 0 Å². The highest BCUT2D eigenvalue weighted by molar-refractivity contribution is 5.97. The van der Waals surface area contributed by atoms with Gasteiger partial charge in [-0.2, -0.15) is 0 Å². The second-order valence-corrected chi connectivity index (χ2v) is 6.04. The smallest absolute Gasteiger partial charge is 0.311 e. The number of phenols is 1. The molecule has 21 heavy (non-hydrogen) atoms. The second-order valence-electron chi connectivity index (χ2n) is 6.04. The maximum atomic E-state index is 12.6. The summed E-state index contributed by atoms with van der Waals surface area (Å²) in [6.45, 7) is 6.08. The first kappa shape index (κ1) is 15.4. The van der Waals surface area contributed by atoms with Gasteiger partial charge < -0.3 is 15.1 Å². The van der Waals surface area contributed by atoms with Crippen molar-refractivity contribution >= 4 is 11.9 Å². The number of likely N-dealkylation sites (tertiary alicyclic amines) is 1. The lowest BCUT2D eigenvalue weighted by molar-refractivity contribution is -0.150. The van der Waals surface area contributed by atoms with E-state index in [1.807, 2.05) is 13.8 Å². The highest BCUT2D eigenvalue weighted by atomic mass is 16.4. The number of carboxylic acid groups (broad SMARTS) is 1. The van der Waals surface area contributed by atoms with E-state index in [1.165, 1.54) is 6.07 Å². The molecule has 1 aromatic rings. The van der Waals surface area contributed by atoms with E-state index in [0.29, 0.717) is 24.1 Å². The summed E-state index contributed by atoms with van der Waals surface area (Å²) in [5.74, 6) is -1.03. The molecular formula is C16H21NO4. The summed E-state index contributed by atoms with van der Waals surface area (Å²) in [6, 6.07) is 4.82. The van der Waals surface area contributed by atoms with E-state index in [0.717, 1.165) is 0 Å². The van der Waals surface area contributed by atoms with Crippen LogP contribution in [0.25, 0.3) is 0 Å². The fraction of sp³-hybridized carbons (Fsp3) is 0.500. The SMILES string of the molecule is Cc1c(O)cccc1C(=O)N1CCC(C(=O)O)(C(C)C)C1. The Hall–Kier alpha value is -2.04. The Morgan fingerprint density at radius 2 is 2.00 bits per heavy atom. The highest BCUT2D eigenvalue weighted by Crippen LogP contribution is 2.39. The summed E-state index contributed by atoms with van der Waals surface area (Å²) in [5, 5.41) is 19.2. The van der Waals surface area contributed by atoms with Crippen molar-refractivity contribution in [2.75, 3.05) is 13.1 Å². The Kier molecular flexibility index (Phi) is 3.94. The van der Waals surface area contributed by atoms with Gasteiger partial charge in [0.1, 0.15) is 5.75 Å². The molecule has 114 valence electrons. The predicted molar refractivity (Wildman–Crippen MR) is 78.3 cm³/mol. The molecule has 1 atom stereocenters. The molecule has 1 fully saturated rings. The van der Waals surface area contributed by atoms with Crippen LogP contribution in [0.1, 0.15) is 36.2 Å². The Balaban J connectivity index is 2.27. The van der Waals surface area contributed by atoms with Gasteiger partial charge in [-0.3, -0.25) is 9.59 Å². The minimum Gasteiger partial charge on any atom is -0.508 e.